The van der Waals surface area contributed by atoms with E-state index >= 15 is 0 Å². The minimum Gasteiger partial charge on any atom is -0.465 e. The van der Waals surface area contributed by atoms with Crippen LogP contribution in [0.2, 0.25) is 0 Å². The highest BCUT2D eigenvalue weighted by Crippen LogP contribution is 2.34. The molecule has 0 atom stereocenters. The van der Waals surface area contributed by atoms with Gasteiger partial charge in [0.15, 0.2) is 0 Å². The number of aromatic nitrogens is 2. The van der Waals surface area contributed by atoms with Gasteiger partial charge in [-0.1, -0.05) is 6.92 Å². The molecule has 0 bridgehead atoms. The van der Waals surface area contributed by atoms with Crippen molar-refractivity contribution in [2.45, 2.75) is 26.9 Å². The fourth-order valence-corrected chi connectivity index (χ4v) is 4.07. The second kappa shape index (κ2) is 10.9. The SMILES string of the molecule is CCCOC(=O)c1c(NC(=O)c2cc(-c3ccc(OC(F)F)cc3)n[nH]2)sc(C(=O)OC)c1C. The molecule has 34 heavy (non-hydrogen) atoms. The van der Waals surface area contributed by atoms with E-state index in [-0.39, 0.29) is 33.5 Å². The number of nitrogens with one attached hydrogen (secondary N) is 2. The van der Waals surface area contributed by atoms with E-state index in [9.17, 15) is 23.2 Å². The normalized spacial score (nSPS) is 10.8. The van der Waals surface area contributed by atoms with E-state index in [0.29, 0.717) is 23.2 Å². The lowest BCUT2D eigenvalue weighted by Crippen LogP contribution is -2.15. The Labute approximate surface area is 197 Å². The van der Waals surface area contributed by atoms with E-state index in [1.165, 1.54) is 37.4 Å². The van der Waals surface area contributed by atoms with Gasteiger partial charge in [0, 0.05) is 5.56 Å². The minimum atomic E-state index is -2.93. The number of amides is 1. The highest BCUT2D eigenvalue weighted by molar-refractivity contribution is 7.18. The first-order valence-electron chi connectivity index (χ1n) is 10.1. The summed E-state index contributed by atoms with van der Waals surface area (Å²) in [5, 5.41) is 9.41. The predicted octanol–water partition coefficient (Wildman–Crippen LogP) is 4.65. The van der Waals surface area contributed by atoms with E-state index < -0.39 is 24.5 Å². The molecule has 12 heteroatoms. The standard InChI is InChI=1S/C22H21F2N3O6S/c1-4-9-32-20(29)16-11(2)17(21(30)31-3)34-19(16)25-18(28)15-10-14(26-27-15)12-5-7-13(8-6-12)33-22(23)24/h5-8,10,22H,4,9H2,1-3H3,(H,25,28)(H,26,27). The van der Waals surface area contributed by atoms with Gasteiger partial charge in [-0.05, 0) is 49.2 Å². The molecule has 0 aliphatic rings. The summed E-state index contributed by atoms with van der Waals surface area (Å²) in [5.74, 6) is -1.93. The Bertz CT molecular complexity index is 1190. The van der Waals surface area contributed by atoms with Gasteiger partial charge >= 0.3 is 18.6 Å². The molecule has 0 spiro atoms. The number of rotatable bonds is 9. The van der Waals surface area contributed by atoms with Crippen LogP contribution in [0.15, 0.2) is 30.3 Å². The Balaban J connectivity index is 1.83. The largest absolute Gasteiger partial charge is 0.465 e. The average Bonchev–Trinajstić information content (AvgIpc) is 3.42. The second-order valence-corrected chi connectivity index (χ2v) is 7.93. The molecule has 180 valence electrons. The molecule has 2 aromatic heterocycles. The fourth-order valence-electron chi connectivity index (χ4n) is 2.97. The van der Waals surface area contributed by atoms with Gasteiger partial charge in [0.05, 0.1) is 25.0 Å². The third-order valence-electron chi connectivity index (χ3n) is 4.58. The van der Waals surface area contributed by atoms with Crippen molar-refractivity contribution in [3.63, 3.8) is 0 Å². The molecular formula is C22H21F2N3O6S. The number of H-pyrrole nitrogens is 1. The van der Waals surface area contributed by atoms with Gasteiger partial charge in [0.2, 0.25) is 0 Å². The zero-order valence-corrected chi connectivity index (χ0v) is 19.3. The molecular weight excluding hydrogens is 472 g/mol. The number of benzene rings is 1. The molecule has 2 N–H and O–H groups in total. The van der Waals surface area contributed by atoms with Gasteiger partial charge in [-0.25, -0.2) is 9.59 Å². The maximum absolute atomic E-state index is 12.8. The van der Waals surface area contributed by atoms with E-state index in [1.807, 2.05) is 6.92 Å². The first-order valence-corrected chi connectivity index (χ1v) is 10.9. The molecule has 2 heterocycles. The molecule has 0 aliphatic heterocycles. The number of carbonyl (C=O) groups is 3. The second-order valence-electron chi connectivity index (χ2n) is 6.91. The molecule has 1 aromatic carbocycles. The van der Waals surface area contributed by atoms with Crippen LogP contribution >= 0.6 is 11.3 Å². The number of thiophene rings is 1. The number of carbonyl (C=O) groups excluding carboxylic acids is 3. The predicted molar refractivity (Wildman–Crippen MR) is 120 cm³/mol. The van der Waals surface area contributed by atoms with Crippen molar-refractivity contribution in [2.24, 2.45) is 0 Å². The summed E-state index contributed by atoms with van der Waals surface area (Å²) in [4.78, 5) is 37.7. The Morgan fingerprint density at radius 1 is 1.18 bits per heavy atom. The maximum Gasteiger partial charge on any atom is 0.387 e. The lowest BCUT2D eigenvalue weighted by molar-refractivity contribution is -0.0498. The summed E-state index contributed by atoms with van der Waals surface area (Å²) in [6, 6.07) is 7.19. The van der Waals surface area contributed by atoms with Gasteiger partial charge < -0.3 is 19.5 Å². The molecule has 0 fully saturated rings. The Morgan fingerprint density at radius 3 is 2.50 bits per heavy atom. The van der Waals surface area contributed by atoms with E-state index in [1.54, 1.807) is 6.92 Å². The summed E-state index contributed by atoms with van der Waals surface area (Å²) in [6.45, 7) is 0.652. The van der Waals surface area contributed by atoms with E-state index in [2.05, 4.69) is 20.3 Å². The number of methoxy groups -OCH3 is 1. The van der Waals surface area contributed by atoms with Crippen LogP contribution in [-0.4, -0.2) is 48.4 Å². The third-order valence-corrected chi connectivity index (χ3v) is 5.77. The van der Waals surface area contributed by atoms with Crippen LogP contribution in [0.1, 0.15) is 49.4 Å². The van der Waals surface area contributed by atoms with Gasteiger partial charge in [0.1, 0.15) is 21.3 Å². The molecule has 0 saturated carbocycles. The molecule has 0 aliphatic carbocycles. The molecule has 3 rings (SSSR count). The first-order chi connectivity index (χ1) is 16.2. The maximum atomic E-state index is 12.8. The summed E-state index contributed by atoms with van der Waals surface area (Å²) < 4.78 is 38.9. The number of hydrogen-bond acceptors (Lipinski definition) is 8. The lowest BCUT2D eigenvalue weighted by Gasteiger charge is -2.07. The van der Waals surface area contributed by atoms with E-state index in [0.717, 1.165) is 11.3 Å². The Morgan fingerprint density at radius 2 is 1.88 bits per heavy atom. The molecule has 0 saturated heterocycles. The van der Waals surface area contributed by atoms with Gasteiger partial charge in [-0.3, -0.25) is 9.89 Å². The van der Waals surface area contributed by atoms with E-state index in [4.69, 9.17) is 9.47 Å². The minimum absolute atomic E-state index is 0.00999. The van der Waals surface area contributed by atoms with Crippen LogP contribution in [0.3, 0.4) is 0 Å². The van der Waals surface area contributed by atoms with Crippen LogP contribution in [0.5, 0.6) is 5.75 Å². The van der Waals surface area contributed by atoms with Crippen LogP contribution in [-0.2, 0) is 9.47 Å². The molecule has 9 nitrogen and oxygen atoms in total. The number of anilines is 1. The Kier molecular flexibility index (Phi) is 7.95. The van der Waals surface area contributed by atoms with Crippen molar-refractivity contribution >= 4 is 34.2 Å². The summed E-state index contributed by atoms with van der Waals surface area (Å²) in [6.07, 6.45) is 0.604. The lowest BCUT2D eigenvalue weighted by atomic mass is 10.1. The number of esters is 2. The zero-order chi connectivity index (χ0) is 24.8. The van der Waals surface area contributed by atoms with Gasteiger partial charge in [0.25, 0.3) is 5.91 Å². The van der Waals surface area contributed by atoms with Crippen molar-refractivity contribution < 1.29 is 37.4 Å². The fraction of sp³-hybridized carbons (Fsp3) is 0.273. The average molecular weight is 493 g/mol. The first kappa shape index (κ1) is 24.8. The monoisotopic (exact) mass is 493 g/mol. The topological polar surface area (TPSA) is 120 Å². The third kappa shape index (κ3) is 5.57. The number of hydrogen-bond donors (Lipinski definition) is 2. The van der Waals surface area contributed by atoms with Crippen LogP contribution < -0.4 is 10.1 Å². The molecule has 3 aromatic rings. The quantitative estimate of drug-likeness (QED) is 0.416. The van der Waals surface area contributed by atoms with Crippen molar-refractivity contribution in [1.29, 1.82) is 0 Å². The number of nitrogens with zero attached hydrogens (tertiary/aromatic N) is 1. The van der Waals surface area contributed by atoms with Gasteiger partial charge in [-0.15, -0.1) is 11.3 Å². The van der Waals surface area contributed by atoms with Crippen molar-refractivity contribution in [3.05, 3.63) is 52.0 Å². The molecule has 0 unspecified atom stereocenters. The van der Waals surface area contributed by atoms with Crippen molar-refractivity contribution in [3.8, 4) is 17.0 Å². The van der Waals surface area contributed by atoms with Crippen LogP contribution in [0, 0.1) is 6.92 Å². The number of halogens is 2. The smallest absolute Gasteiger partial charge is 0.387 e. The van der Waals surface area contributed by atoms with Crippen molar-refractivity contribution in [2.75, 3.05) is 19.0 Å². The molecule has 0 radical (unpaired) electrons. The van der Waals surface area contributed by atoms with Crippen molar-refractivity contribution in [1.82, 2.24) is 10.2 Å². The summed E-state index contributed by atoms with van der Waals surface area (Å²) in [5.41, 5.74) is 1.42. The number of alkyl halides is 2. The Hall–Kier alpha value is -3.80. The summed E-state index contributed by atoms with van der Waals surface area (Å²) in [7, 11) is 1.22. The number of aromatic amines is 1. The number of ether oxygens (including phenoxy) is 3. The zero-order valence-electron chi connectivity index (χ0n) is 18.4. The summed E-state index contributed by atoms with van der Waals surface area (Å²) >= 11 is 0.896. The van der Waals surface area contributed by atoms with Crippen LogP contribution in [0.25, 0.3) is 11.3 Å². The molecule has 1 amide bonds. The highest BCUT2D eigenvalue weighted by Gasteiger charge is 2.27. The van der Waals surface area contributed by atoms with Crippen LogP contribution in [0.4, 0.5) is 13.8 Å². The highest BCUT2D eigenvalue weighted by atomic mass is 32.1. The van der Waals surface area contributed by atoms with Gasteiger partial charge in [-0.2, -0.15) is 13.9 Å².